The Morgan fingerprint density at radius 2 is 2.21 bits per heavy atom. The van der Waals surface area contributed by atoms with Gasteiger partial charge in [-0.2, -0.15) is 13.2 Å². The van der Waals surface area contributed by atoms with Gasteiger partial charge in [-0.25, -0.2) is 4.98 Å². The van der Waals surface area contributed by atoms with E-state index in [2.05, 4.69) is 20.6 Å². The maximum absolute atomic E-state index is 12.4. The first-order valence-corrected chi connectivity index (χ1v) is 9.09. The number of aromatic nitrogens is 1. The lowest BCUT2D eigenvalue weighted by Gasteiger charge is -2.20. The van der Waals surface area contributed by atoms with Crippen LogP contribution in [0.4, 0.5) is 13.2 Å². The van der Waals surface area contributed by atoms with Crippen molar-refractivity contribution in [3.63, 3.8) is 0 Å². The maximum atomic E-state index is 12.4. The lowest BCUT2D eigenvalue weighted by atomic mass is 10.2. The predicted octanol–water partition coefficient (Wildman–Crippen LogP) is 1.94. The average Bonchev–Trinajstić information content (AvgIpc) is 3.11. The zero-order valence-electron chi connectivity index (χ0n) is 16.2. The van der Waals surface area contributed by atoms with Gasteiger partial charge < -0.3 is 20.3 Å². The molecule has 2 rings (SSSR count). The fourth-order valence-corrected chi connectivity index (χ4v) is 2.85. The third-order valence-corrected chi connectivity index (χ3v) is 4.23. The largest absolute Gasteiger partial charge is 0.468 e. The number of ether oxygens (including phenoxy) is 1. The number of hydrogen-bond acceptors (Lipinski definition) is 4. The molecule has 28 heavy (non-hydrogen) atoms. The molecule has 0 aromatic carbocycles. The number of guanidine groups is 1. The second kappa shape index (κ2) is 9.61. The van der Waals surface area contributed by atoms with E-state index < -0.39 is 12.8 Å². The van der Waals surface area contributed by atoms with Crippen molar-refractivity contribution >= 4 is 11.9 Å². The van der Waals surface area contributed by atoms with E-state index in [1.807, 2.05) is 18.7 Å². The van der Waals surface area contributed by atoms with Crippen LogP contribution < -0.4 is 15.4 Å². The summed E-state index contributed by atoms with van der Waals surface area (Å²) in [5.74, 6) is 0.498. The van der Waals surface area contributed by atoms with Gasteiger partial charge in [0.2, 0.25) is 11.8 Å². The Bertz CT molecular complexity index is 694. The zero-order valence-corrected chi connectivity index (χ0v) is 16.2. The second-order valence-corrected chi connectivity index (χ2v) is 6.87. The van der Waals surface area contributed by atoms with Gasteiger partial charge in [0.05, 0.1) is 0 Å². The molecule has 0 aliphatic carbocycles. The van der Waals surface area contributed by atoms with Crippen molar-refractivity contribution < 1.29 is 22.7 Å². The molecule has 10 heteroatoms. The summed E-state index contributed by atoms with van der Waals surface area (Å²) in [4.78, 5) is 21.9. The summed E-state index contributed by atoms with van der Waals surface area (Å²) in [6, 6.07) is 3.32. The van der Waals surface area contributed by atoms with E-state index in [0.29, 0.717) is 24.6 Å². The Morgan fingerprint density at radius 1 is 1.46 bits per heavy atom. The van der Waals surface area contributed by atoms with Crippen molar-refractivity contribution in [1.82, 2.24) is 20.5 Å². The van der Waals surface area contributed by atoms with Crippen molar-refractivity contribution in [3.05, 3.63) is 23.9 Å². The number of nitrogens with one attached hydrogen (secondary N) is 2. The quantitative estimate of drug-likeness (QED) is 0.563. The third kappa shape index (κ3) is 6.58. The van der Waals surface area contributed by atoms with E-state index in [4.69, 9.17) is 4.74 Å². The molecule has 0 spiro atoms. The molecule has 1 aliphatic rings. The molecule has 1 fully saturated rings. The van der Waals surface area contributed by atoms with Crippen molar-refractivity contribution in [2.75, 3.05) is 26.7 Å². The molecule has 1 unspecified atom stereocenters. The molecular formula is C18H26F3N5O2. The minimum atomic E-state index is -4.43. The van der Waals surface area contributed by atoms with Crippen LogP contribution in [0.15, 0.2) is 23.3 Å². The summed E-state index contributed by atoms with van der Waals surface area (Å²) in [7, 11) is 1.60. The number of hydrogen-bond donors (Lipinski definition) is 2. The number of alkyl halides is 3. The van der Waals surface area contributed by atoms with E-state index in [0.717, 1.165) is 6.42 Å². The van der Waals surface area contributed by atoms with Crippen LogP contribution in [0, 0.1) is 5.92 Å². The predicted molar refractivity (Wildman–Crippen MR) is 98.9 cm³/mol. The highest BCUT2D eigenvalue weighted by Crippen LogP contribution is 2.20. The lowest BCUT2D eigenvalue weighted by Crippen LogP contribution is -2.45. The third-order valence-electron chi connectivity index (χ3n) is 4.23. The van der Waals surface area contributed by atoms with E-state index >= 15 is 0 Å². The highest BCUT2D eigenvalue weighted by atomic mass is 19.4. The van der Waals surface area contributed by atoms with Crippen molar-refractivity contribution in [2.45, 2.75) is 39.0 Å². The molecule has 1 saturated heterocycles. The van der Waals surface area contributed by atoms with E-state index in [-0.39, 0.29) is 30.3 Å². The highest BCUT2D eigenvalue weighted by molar-refractivity contribution is 5.81. The number of likely N-dealkylation sites (tertiary alicyclic amines) is 1. The first-order valence-electron chi connectivity index (χ1n) is 9.09. The number of amides is 1. The van der Waals surface area contributed by atoms with Gasteiger partial charge in [-0.15, -0.1) is 0 Å². The maximum Gasteiger partial charge on any atom is 0.422 e. The van der Waals surface area contributed by atoms with Crippen LogP contribution in [0.1, 0.15) is 25.8 Å². The van der Waals surface area contributed by atoms with Crippen LogP contribution in [0.25, 0.3) is 0 Å². The van der Waals surface area contributed by atoms with Gasteiger partial charge in [0.15, 0.2) is 12.6 Å². The molecule has 2 heterocycles. The number of rotatable bonds is 6. The molecule has 1 aromatic rings. The Morgan fingerprint density at radius 3 is 2.86 bits per heavy atom. The summed E-state index contributed by atoms with van der Waals surface area (Å²) >= 11 is 0. The number of aliphatic imine (C=N–C) groups is 1. The molecule has 0 radical (unpaired) electrons. The highest BCUT2D eigenvalue weighted by Gasteiger charge is 2.29. The van der Waals surface area contributed by atoms with Crippen molar-refractivity contribution in [2.24, 2.45) is 10.9 Å². The summed E-state index contributed by atoms with van der Waals surface area (Å²) in [6.07, 6.45) is -2.26. The second-order valence-electron chi connectivity index (χ2n) is 6.87. The van der Waals surface area contributed by atoms with Crippen LogP contribution in [0.5, 0.6) is 5.88 Å². The minimum Gasteiger partial charge on any atom is -0.468 e. The molecule has 2 N–H and O–H groups in total. The zero-order chi connectivity index (χ0) is 20.7. The van der Waals surface area contributed by atoms with Gasteiger partial charge >= 0.3 is 6.18 Å². The van der Waals surface area contributed by atoms with Gasteiger partial charge in [-0.3, -0.25) is 9.79 Å². The number of pyridine rings is 1. The molecule has 7 nitrogen and oxygen atoms in total. The van der Waals surface area contributed by atoms with Crippen LogP contribution >= 0.6 is 0 Å². The van der Waals surface area contributed by atoms with Gasteiger partial charge in [-0.05, 0) is 12.5 Å². The van der Waals surface area contributed by atoms with E-state index in [9.17, 15) is 18.0 Å². The Kier molecular flexibility index (Phi) is 7.47. The van der Waals surface area contributed by atoms with Crippen LogP contribution in [-0.4, -0.2) is 60.7 Å². The number of halogens is 3. The summed E-state index contributed by atoms with van der Waals surface area (Å²) in [5.41, 5.74) is 0.484. The molecular weight excluding hydrogens is 375 g/mol. The van der Waals surface area contributed by atoms with Crippen molar-refractivity contribution in [3.8, 4) is 5.88 Å². The smallest absolute Gasteiger partial charge is 0.422 e. The Labute approximate surface area is 162 Å². The minimum absolute atomic E-state index is 0.0445. The number of carbonyl (C=O) groups is 1. The van der Waals surface area contributed by atoms with Crippen molar-refractivity contribution in [1.29, 1.82) is 0 Å². The Hall–Kier alpha value is -2.52. The summed E-state index contributed by atoms with van der Waals surface area (Å²) in [6.45, 7) is 3.81. The molecule has 1 aromatic heterocycles. The summed E-state index contributed by atoms with van der Waals surface area (Å²) in [5, 5.41) is 6.29. The van der Waals surface area contributed by atoms with Gasteiger partial charge in [-0.1, -0.05) is 19.9 Å². The van der Waals surface area contributed by atoms with E-state index in [1.165, 1.54) is 6.20 Å². The van der Waals surface area contributed by atoms with Gasteiger partial charge in [0.25, 0.3) is 0 Å². The van der Waals surface area contributed by atoms with Crippen LogP contribution in [-0.2, 0) is 11.3 Å². The molecule has 0 bridgehead atoms. The topological polar surface area (TPSA) is 78.9 Å². The Balaban J connectivity index is 1.89. The molecule has 156 valence electrons. The fourth-order valence-electron chi connectivity index (χ4n) is 2.85. The molecule has 1 amide bonds. The first-order chi connectivity index (χ1) is 13.2. The lowest BCUT2D eigenvalue weighted by molar-refractivity contribution is -0.154. The fraction of sp³-hybridized carbons (Fsp3) is 0.611. The first kappa shape index (κ1) is 21.8. The SMILES string of the molecule is CN=C(NCc1cccnc1OCC(F)(F)F)NC1CCN(C(=O)C(C)C)C1. The standard InChI is InChI=1S/C18H26F3N5O2/c1-12(2)16(27)26-8-6-14(10-26)25-17(22-3)24-9-13-5-4-7-23-15(13)28-11-18(19,20)21/h4-5,7,12,14H,6,8-11H2,1-3H3,(H2,22,24,25). The number of carbonyl (C=O) groups excluding carboxylic acids is 1. The summed E-state index contributed by atoms with van der Waals surface area (Å²) < 4.78 is 41.9. The van der Waals surface area contributed by atoms with Crippen LogP contribution in [0.3, 0.4) is 0 Å². The van der Waals surface area contributed by atoms with Gasteiger partial charge in [0.1, 0.15) is 0 Å². The molecule has 0 saturated carbocycles. The number of nitrogens with zero attached hydrogens (tertiary/aromatic N) is 3. The van der Waals surface area contributed by atoms with Gasteiger partial charge in [0, 0.05) is 50.4 Å². The normalized spacial score (nSPS) is 17.8. The monoisotopic (exact) mass is 401 g/mol. The molecule has 1 atom stereocenters. The molecule has 1 aliphatic heterocycles. The van der Waals surface area contributed by atoms with E-state index in [1.54, 1.807) is 19.2 Å². The van der Waals surface area contributed by atoms with Crippen LogP contribution in [0.2, 0.25) is 0 Å². The average molecular weight is 401 g/mol.